The van der Waals surface area contributed by atoms with E-state index in [0.717, 1.165) is 4.91 Å². The lowest BCUT2D eigenvalue weighted by molar-refractivity contribution is 1.50. The molecule has 0 unspecified atom stereocenters. The predicted molar refractivity (Wildman–Crippen MR) is 47.7 cm³/mol. The number of rotatable bonds is 0. The van der Waals surface area contributed by atoms with Crippen molar-refractivity contribution >= 4 is 16.2 Å². The molecule has 0 amide bonds. The van der Waals surface area contributed by atoms with Crippen LogP contribution in [0.1, 0.15) is 20.8 Å². The first-order valence-corrected chi connectivity index (χ1v) is 3.99. The van der Waals surface area contributed by atoms with Crippen molar-refractivity contribution in [3.63, 3.8) is 0 Å². The number of hydrogen-bond acceptors (Lipinski definition) is 0. The van der Waals surface area contributed by atoms with E-state index in [0.29, 0.717) is 0 Å². The smallest absolute Gasteiger partial charge is 0.0683 e. The molecule has 1 aliphatic rings. The van der Waals surface area contributed by atoms with E-state index in [1.165, 1.54) is 4.86 Å². The lowest BCUT2D eigenvalue weighted by Gasteiger charge is -1.55. The van der Waals surface area contributed by atoms with E-state index in [4.69, 9.17) is 0 Å². The second kappa shape index (κ2) is 4.45. The maximum absolute atomic E-state index is 3.76. The second-order valence-corrected chi connectivity index (χ2v) is 2.88. The van der Waals surface area contributed by atoms with Gasteiger partial charge in [0.25, 0.3) is 0 Å². The molecule has 1 heteroatoms. The van der Waals surface area contributed by atoms with Crippen molar-refractivity contribution in [2.75, 3.05) is 0 Å². The van der Waals surface area contributed by atoms with E-state index in [-0.39, 0.29) is 0 Å². The van der Waals surface area contributed by atoms with Gasteiger partial charge in [0, 0.05) is 19.1 Å². The predicted octanol–water partition coefficient (Wildman–Crippen LogP) is 2.37. The van der Waals surface area contributed by atoms with Crippen molar-refractivity contribution in [3.8, 4) is 0 Å². The van der Waals surface area contributed by atoms with Gasteiger partial charge in [0.05, 0.1) is 0 Å². The molecule has 0 aliphatic carbocycles. The summed E-state index contributed by atoms with van der Waals surface area (Å²) < 4.78 is 0. The zero-order valence-corrected chi connectivity index (χ0v) is 7.09. The fourth-order valence-electron chi connectivity index (χ4n) is 0.485. The molecule has 0 aromatic heterocycles. The standard InChI is InChI=1S/C6H7S.C2H6/c1-5-3-4-6(2)7-5;1-2/h3-4H,1H2,2H3;1-2H3/q+1;. The van der Waals surface area contributed by atoms with Crippen LogP contribution in [0.25, 0.3) is 0 Å². The minimum atomic E-state index is 1.15. The fourth-order valence-corrected chi connectivity index (χ4v) is 1.17. The van der Waals surface area contributed by atoms with Crippen molar-refractivity contribution < 1.29 is 0 Å². The summed E-state index contributed by atoms with van der Waals surface area (Å²) in [4.78, 5) is 2.49. The molecule has 1 rings (SSSR count). The Kier molecular flexibility index (Phi) is 4.24. The van der Waals surface area contributed by atoms with E-state index in [9.17, 15) is 0 Å². The van der Waals surface area contributed by atoms with Gasteiger partial charge < -0.3 is 0 Å². The quantitative estimate of drug-likeness (QED) is 0.359. The van der Waals surface area contributed by atoms with Gasteiger partial charge in [-0.15, -0.1) is 0 Å². The first-order valence-electron chi connectivity index (χ1n) is 3.17. The third-order valence-electron chi connectivity index (χ3n) is 0.796. The Labute approximate surface area is 61.2 Å². The SMILES string of the molecule is C=C1C=CC(C)=[S+]1.CC. The molecule has 0 aromatic carbocycles. The topological polar surface area (TPSA) is 0 Å². The van der Waals surface area contributed by atoms with E-state index in [2.05, 4.69) is 19.6 Å². The number of allylic oxidation sites excluding steroid dienone is 2. The molecule has 0 radical (unpaired) electrons. The molecule has 0 bridgehead atoms. The van der Waals surface area contributed by atoms with Crippen molar-refractivity contribution in [1.82, 2.24) is 0 Å². The summed E-state index contributed by atoms with van der Waals surface area (Å²) in [6, 6.07) is 0. The van der Waals surface area contributed by atoms with Gasteiger partial charge in [-0.1, -0.05) is 13.8 Å². The third kappa shape index (κ3) is 3.20. The van der Waals surface area contributed by atoms with Crippen LogP contribution in [-0.2, 0) is 11.4 Å². The minimum absolute atomic E-state index is 1.15. The maximum atomic E-state index is 3.76. The highest BCUT2D eigenvalue weighted by molar-refractivity contribution is 7.83. The van der Waals surface area contributed by atoms with Crippen LogP contribution in [0.15, 0.2) is 23.6 Å². The first-order chi connectivity index (χ1) is 4.29. The van der Waals surface area contributed by atoms with E-state index < -0.39 is 0 Å². The molecule has 1 heterocycles. The van der Waals surface area contributed by atoms with Crippen LogP contribution in [0.3, 0.4) is 0 Å². The molecule has 50 valence electrons. The van der Waals surface area contributed by atoms with Crippen molar-refractivity contribution in [1.29, 1.82) is 0 Å². The highest BCUT2D eigenvalue weighted by Gasteiger charge is 2.09. The van der Waals surface area contributed by atoms with Crippen LogP contribution in [-0.4, -0.2) is 4.86 Å². The highest BCUT2D eigenvalue weighted by Crippen LogP contribution is 2.00. The van der Waals surface area contributed by atoms with Gasteiger partial charge in [0.1, 0.15) is 0 Å². The molecular weight excluding hydrogens is 128 g/mol. The largest absolute Gasteiger partial charge is 0.224 e. The molecule has 0 fully saturated rings. The van der Waals surface area contributed by atoms with E-state index in [1.54, 1.807) is 11.4 Å². The fraction of sp³-hybridized carbons (Fsp3) is 0.375. The molecule has 0 atom stereocenters. The van der Waals surface area contributed by atoms with Crippen LogP contribution in [0.5, 0.6) is 0 Å². The van der Waals surface area contributed by atoms with Crippen molar-refractivity contribution in [3.05, 3.63) is 23.6 Å². The molecule has 0 saturated heterocycles. The van der Waals surface area contributed by atoms with Crippen molar-refractivity contribution in [2.24, 2.45) is 0 Å². The summed E-state index contributed by atoms with van der Waals surface area (Å²) in [7, 11) is 0. The Bertz CT molecular complexity index is 152. The van der Waals surface area contributed by atoms with Gasteiger partial charge in [-0.25, -0.2) is 0 Å². The van der Waals surface area contributed by atoms with Gasteiger partial charge >= 0.3 is 0 Å². The second-order valence-electron chi connectivity index (χ2n) is 1.51. The summed E-state index contributed by atoms with van der Waals surface area (Å²) in [5, 5.41) is 0. The van der Waals surface area contributed by atoms with Gasteiger partial charge in [0.15, 0.2) is 0 Å². The Morgan fingerprint density at radius 3 is 2.00 bits per heavy atom. The Hall–Kier alpha value is -0.430. The summed E-state index contributed by atoms with van der Waals surface area (Å²) >= 11 is 1.73. The Morgan fingerprint density at radius 1 is 1.33 bits per heavy atom. The molecule has 0 aromatic rings. The van der Waals surface area contributed by atoms with Gasteiger partial charge in [-0.3, -0.25) is 0 Å². The molecule has 0 nitrogen and oxygen atoms in total. The Balaban J connectivity index is 0.000000291. The lowest BCUT2D eigenvalue weighted by atomic mass is 10.4. The Morgan fingerprint density at radius 2 is 1.89 bits per heavy atom. The van der Waals surface area contributed by atoms with Gasteiger partial charge in [-0.2, -0.15) is 0 Å². The first kappa shape index (κ1) is 8.57. The summed E-state index contributed by atoms with van der Waals surface area (Å²) in [6.07, 6.45) is 4.10. The molecule has 0 spiro atoms. The van der Waals surface area contributed by atoms with Gasteiger partial charge in [-0.05, 0) is 6.58 Å². The maximum Gasteiger partial charge on any atom is 0.224 e. The van der Waals surface area contributed by atoms with Crippen LogP contribution >= 0.6 is 0 Å². The van der Waals surface area contributed by atoms with Crippen LogP contribution < -0.4 is 0 Å². The van der Waals surface area contributed by atoms with Crippen LogP contribution in [0.2, 0.25) is 0 Å². The van der Waals surface area contributed by atoms with E-state index >= 15 is 0 Å². The summed E-state index contributed by atoms with van der Waals surface area (Å²) in [6.45, 7) is 9.84. The van der Waals surface area contributed by atoms with Gasteiger partial charge in [0.2, 0.25) is 21.1 Å². The number of hydrogen-bond donors (Lipinski definition) is 0. The molecule has 0 saturated carbocycles. The molecular formula is C8H13S+. The monoisotopic (exact) mass is 141 g/mol. The molecule has 9 heavy (non-hydrogen) atoms. The van der Waals surface area contributed by atoms with Crippen LogP contribution in [0, 0.1) is 0 Å². The zero-order valence-electron chi connectivity index (χ0n) is 6.27. The van der Waals surface area contributed by atoms with Crippen molar-refractivity contribution in [2.45, 2.75) is 20.8 Å². The minimum Gasteiger partial charge on any atom is -0.0683 e. The summed E-state index contributed by atoms with van der Waals surface area (Å²) in [5.41, 5.74) is 0. The van der Waals surface area contributed by atoms with Crippen LogP contribution in [0.4, 0.5) is 0 Å². The van der Waals surface area contributed by atoms with E-state index in [1.807, 2.05) is 19.9 Å². The average Bonchev–Trinajstić information content (AvgIpc) is 2.20. The lowest BCUT2D eigenvalue weighted by Crippen LogP contribution is -1.76. The molecule has 0 N–H and O–H groups in total. The zero-order chi connectivity index (χ0) is 7.28. The highest BCUT2D eigenvalue weighted by atomic mass is 32.1. The summed E-state index contributed by atoms with van der Waals surface area (Å²) in [5.74, 6) is 0. The molecule has 1 aliphatic heterocycles. The average molecular weight is 141 g/mol. The third-order valence-corrected chi connectivity index (χ3v) is 1.65. The normalized spacial score (nSPS) is 14.6.